The number of phenolic OH excluding ortho intramolecular Hbond substituents is 1. The number of rotatable bonds is 3. The molecule has 4 heteroatoms. The molecule has 1 atom stereocenters. The van der Waals surface area contributed by atoms with Gasteiger partial charge >= 0.3 is 0 Å². The lowest BCUT2D eigenvalue weighted by molar-refractivity contribution is 0.432. The third-order valence-electron chi connectivity index (χ3n) is 2.37. The summed E-state index contributed by atoms with van der Waals surface area (Å²) in [5.74, 6) is -0.981. The number of aromatic hydroxyl groups is 1. The predicted molar refractivity (Wildman–Crippen MR) is 58.8 cm³/mol. The van der Waals surface area contributed by atoms with Gasteiger partial charge in [-0.2, -0.15) is 0 Å². The molecule has 84 valence electrons. The molecule has 0 bridgehead atoms. The maximum Gasteiger partial charge on any atom is 0.166 e. The molecule has 0 radical (unpaired) electrons. The Labute approximate surface area is 92.5 Å². The Kier molecular flexibility index (Phi) is 2.81. The Morgan fingerprint density at radius 2 is 2.19 bits per heavy atom. The van der Waals surface area contributed by atoms with Gasteiger partial charge in [0.2, 0.25) is 0 Å². The van der Waals surface area contributed by atoms with Crippen LogP contribution in [0.3, 0.4) is 0 Å². The molecule has 0 saturated carbocycles. The third kappa shape index (κ3) is 2.16. The van der Waals surface area contributed by atoms with Crippen molar-refractivity contribution in [3.63, 3.8) is 0 Å². The van der Waals surface area contributed by atoms with Crippen LogP contribution in [0.2, 0.25) is 0 Å². The van der Waals surface area contributed by atoms with Crippen LogP contribution in [0.5, 0.6) is 5.75 Å². The highest BCUT2D eigenvalue weighted by atomic mass is 19.1. The second-order valence-electron chi connectivity index (χ2n) is 3.59. The fourth-order valence-electron chi connectivity index (χ4n) is 1.45. The number of anilines is 1. The van der Waals surface area contributed by atoms with Gasteiger partial charge in [-0.15, -0.1) is 0 Å². The van der Waals surface area contributed by atoms with E-state index in [1.165, 1.54) is 12.1 Å². The van der Waals surface area contributed by atoms with Gasteiger partial charge in [0.1, 0.15) is 0 Å². The Hall–Kier alpha value is -1.97. The molecule has 0 fully saturated rings. The first kappa shape index (κ1) is 10.5. The van der Waals surface area contributed by atoms with Gasteiger partial charge < -0.3 is 14.8 Å². The van der Waals surface area contributed by atoms with E-state index in [0.29, 0.717) is 5.69 Å². The second kappa shape index (κ2) is 4.26. The summed E-state index contributed by atoms with van der Waals surface area (Å²) in [6, 6.07) is 6.05. The van der Waals surface area contributed by atoms with Crippen LogP contribution in [-0.4, -0.2) is 5.11 Å². The minimum Gasteiger partial charge on any atom is -0.505 e. The van der Waals surface area contributed by atoms with Crippen molar-refractivity contribution in [3.05, 3.63) is 48.2 Å². The van der Waals surface area contributed by atoms with Crippen molar-refractivity contribution in [1.29, 1.82) is 0 Å². The Balaban J connectivity index is 2.12. The van der Waals surface area contributed by atoms with Crippen LogP contribution in [0.4, 0.5) is 10.1 Å². The van der Waals surface area contributed by atoms with Gasteiger partial charge in [-0.05, 0) is 25.1 Å². The molecule has 0 saturated heterocycles. The molecule has 0 aliphatic heterocycles. The average Bonchev–Trinajstić information content (AvgIpc) is 2.77. The van der Waals surface area contributed by atoms with Crippen molar-refractivity contribution in [1.82, 2.24) is 0 Å². The van der Waals surface area contributed by atoms with Crippen molar-refractivity contribution in [2.24, 2.45) is 0 Å². The molecule has 2 aromatic rings. The lowest BCUT2D eigenvalue weighted by Crippen LogP contribution is -2.05. The number of nitrogens with one attached hydrogen (secondary N) is 1. The van der Waals surface area contributed by atoms with Gasteiger partial charge in [-0.3, -0.25) is 0 Å². The van der Waals surface area contributed by atoms with Gasteiger partial charge in [-0.1, -0.05) is 0 Å². The number of halogens is 1. The molecular weight excluding hydrogens is 209 g/mol. The smallest absolute Gasteiger partial charge is 0.166 e. The van der Waals surface area contributed by atoms with Gasteiger partial charge in [0.25, 0.3) is 0 Å². The first-order valence-corrected chi connectivity index (χ1v) is 4.94. The summed E-state index contributed by atoms with van der Waals surface area (Å²) in [6.07, 6.45) is 3.22. The van der Waals surface area contributed by atoms with E-state index in [2.05, 4.69) is 5.32 Å². The van der Waals surface area contributed by atoms with Crippen molar-refractivity contribution >= 4 is 5.69 Å². The molecular formula is C12H12FNO2. The Morgan fingerprint density at radius 1 is 1.38 bits per heavy atom. The number of benzene rings is 1. The highest BCUT2D eigenvalue weighted by molar-refractivity contribution is 5.48. The first-order valence-electron chi connectivity index (χ1n) is 4.94. The number of hydrogen-bond acceptors (Lipinski definition) is 3. The second-order valence-corrected chi connectivity index (χ2v) is 3.59. The quantitative estimate of drug-likeness (QED) is 0.781. The van der Waals surface area contributed by atoms with E-state index in [-0.39, 0.29) is 11.8 Å². The van der Waals surface area contributed by atoms with Crippen LogP contribution >= 0.6 is 0 Å². The zero-order chi connectivity index (χ0) is 11.5. The summed E-state index contributed by atoms with van der Waals surface area (Å²) in [5.41, 5.74) is 1.59. The molecule has 1 aromatic heterocycles. The zero-order valence-corrected chi connectivity index (χ0v) is 8.77. The summed E-state index contributed by atoms with van der Waals surface area (Å²) in [7, 11) is 0. The zero-order valence-electron chi connectivity index (χ0n) is 8.77. The summed E-state index contributed by atoms with van der Waals surface area (Å²) in [4.78, 5) is 0. The number of phenols is 1. The molecule has 1 unspecified atom stereocenters. The summed E-state index contributed by atoms with van der Waals surface area (Å²) >= 11 is 0. The van der Waals surface area contributed by atoms with E-state index >= 15 is 0 Å². The van der Waals surface area contributed by atoms with Crippen LogP contribution in [0.25, 0.3) is 0 Å². The maximum absolute atomic E-state index is 13.1. The summed E-state index contributed by atoms with van der Waals surface area (Å²) < 4.78 is 18.0. The lowest BCUT2D eigenvalue weighted by Gasteiger charge is -2.13. The van der Waals surface area contributed by atoms with Crippen molar-refractivity contribution < 1.29 is 13.9 Å². The standard InChI is InChI=1S/C12H12FNO2/c1-8(9-4-5-16-7-9)14-10-2-3-12(15)11(13)6-10/h2-8,14-15H,1H3. The topological polar surface area (TPSA) is 45.4 Å². The van der Waals surface area contributed by atoms with Crippen molar-refractivity contribution in [2.75, 3.05) is 5.32 Å². The third-order valence-corrected chi connectivity index (χ3v) is 2.37. The highest BCUT2D eigenvalue weighted by Gasteiger charge is 2.08. The van der Waals surface area contributed by atoms with Crippen molar-refractivity contribution in [3.8, 4) is 5.75 Å². The van der Waals surface area contributed by atoms with Gasteiger partial charge in [0.05, 0.1) is 18.6 Å². The molecule has 3 nitrogen and oxygen atoms in total. The molecule has 0 aliphatic carbocycles. The van der Waals surface area contributed by atoms with E-state index in [1.807, 2.05) is 13.0 Å². The normalized spacial score (nSPS) is 12.4. The Morgan fingerprint density at radius 3 is 2.81 bits per heavy atom. The Bertz CT molecular complexity index is 468. The van der Waals surface area contributed by atoms with Crippen LogP contribution in [0.1, 0.15) is 18.5 Å². The van der Waals surface area contributed by atoms with Crippen molar-refractivity contribution in [2.45, 2.75) is 13.0 Å². The van der Waals surface area contributed by atoms with E-state index in [9.17, 15) is 4.39 Å². The van der Waals surface area contributed by atoms with Crippen LogP contribution in [0, 0.1) is 5.82 Å². The van der Waals surface area contributed by atoms with Crippen LogP contribution in [0.15, 0.2) is 41.2 Å². The molecule has 16 heavy (non-hydrogen) atoms. The monoisotopic (exact) mass is 221 g/mol. The average molecular weight is 221 g/mol. The van der Waals surface area contributed by atoms with Gasteiger partial charge in [0, 0.05) is 17.3 Å². The summed E-state index contributed by atoms with van der Waals surface area (Å²) in [5, 5.41) is 12.1. The minimum atomic E-state index is -0.635. The van der Waals surface area contributed by atoms with E-state index < -0.39 is 5.82 Å². The van der Waals surface area contributed by atoms with E-state index in [4.69, 9.17) is 9.52 Å². The molecule has 2 rings (SSSR count). The molecule has 2 N–H and O–H groups in total. The maximum atomic E-state index is 13.1. The van der Waals surface area contributed by atoms with E-state index in [0.717, 1.165) is 5.56 Å². The van der Waals surface area contributed by atoms with Gasteiger partial charge in [-0.25, -0.2) is 4.39 Å². The van der Waals surface area contributed by atoms with Crippen LogP contribution < -0.4 is 5.32 Å². The lowest BCUT2D eigenvalue weighted by atomic mass is 10.1. The molecule has 1 heterocycles. The number of furan rings is 1. The molecule has 0 aliphatic rings. The fraction of sp³-hybridized carbons (Fsp3) is 0.167. The largest absolute Gasteiger partial charge is 0.505 e. The van der Waals surface area contributed by atoms with Gasteiger partial charge in [0.15, 0.2) is 11.6 Å². The summed E-state index contributed by atoms with van der Waals surface area (Å²) in [6.45, 7) is 1.94. The first-order chi connectivity index (χ1) is 7.66. The van der Waals surface area contributed by atoms with Crippen LogP contribution in [-0.2, 0) is 0 Å². The molecule has 1 aromatic carbocycles. The number of hydrogen-bond donors (Lipinski definition) is 2. The fourth-order valence-corrected chi connectivity index (χ4v) is 1.45. The van der Waals surface area contributed by atoms with E-state index in [1.54, 1.807) is 18.6 Å². The SMILES string of the molecule is CC(Nc1ccc(O)c(F)c1)c1ccoc1. The molecule has 0 spiro atoms. The highest BCUT2D eigenvalue weighted by Crippen LogP contribution is 2.23. The minimum absolute atomic E-state index is 0.0164. The predicted octanol–water partition coefficient (Wildman–Crippen LogP) is 3.30. The molecule has 0 amide bonds.